The van der Waals surface area contributed by atoms with Gasteiger partial charge in [0.2, 0.25) is 0 Å². The molecule has 1 aliphatic rings. The first-order valence-electron chi connectivity index (χ1n) is 8.50. The van der Waals surface area contributed by atoms with E-state index in [4.69, 9.17) is 4.74 Å². The first-order chi connectivity index (χ1) is 11.6. The maximum atomic E-state index is 12.9. The van der Waals surface area contributed by atoms with E-state index in [0.717, 1.165) is 42.9 Å². The van der Waals surface area contributed by atoms with Crippen LogP contribution in [0.1, 0.15) is 40.2 Å². The molecule has 24 heavy (non-hydrogen) atoms. The van der Waals surface area contributed by atoms with Crippen molar-refractivity contribution >= 4 is 5.91 Å². The lowest BCUT2D eigenvalue weighted by Crippen LogP contribution is -2.41. The summed E-state index contributed by atoms with van der Waals surface area (Å²) in [6.07, 6.45) is 2.08. The molecule has 0 N–H and O–H groups in total. The monoisotopic (exact) mass is 327 g/mol. The Hall–Kier alpha value is -2.14. The Balaban J connectivity index is 1.77. The van der Waals surface area contributed by atoms with Gasteiger partial charge in [-0.3, -0.25) is 9.48 Å². The molecular weight excluding hydrogens is 302 g/mol. The largest absolute Gasteiger partial charge is 0.381 e. The van der Waals surface area contributed by atoms with Crippen molar-refractivity contribution in [2.24, 2.45) is 0 Å². The Morgan fingerprint density at radius 2 is 1.88 bits per heavy atom. The highest BCUT2D eigenvalue weighted by Gasteiger charge is 2.27. The minimum Gasteiger partial charge on any atom is -0.381 e. The molecule has 3 rings (SSSR count). The third-order valence-corrected chi connectivity index (χ3v) is 4.83. The molecule has 0 atom stereocenters. The number of carbonyl (C=O) groups excluding carboxylic acids is 1. The van der Waals surface area contributed by atoms with E-state index in [1.807, 2.05) is 41.6 Å². The van der Waals surface area contributed by atoms with E-state index in [-0.39, 0.29) is 12.0 Å². The average Bonchev–Trinajstić information content (AvgIpc) is 2.89. The molecule has 0 unspecified atom stereocenters. The third kappa shape index (κ3) is 3.36. The van der Waals surface area contributed by atoms with Crippen LogP contribution in [0.5, 0.6) is 0 Å². The molecule has 0 radical (unpaired) electrons. The number of ether oxygens (including phenoxy) is 1. The number of carbonyl (C=O) groups is 1. The van der Waals surface area contributed by atoms with Gasteiger partial charge in [-0.15, -0.1) is 0 Å². The van der Waals surface area contributed by atoms with Crippen LogP contribution in [0.2, 0.25) is 0 Å². The molecule has 128 valence electrons. The molecule has 1 aromatic carbocycles. The number of amides is 1. The maximum absolute atomic E-state index is 12.9. The second-order valence-corrected chi connectivity index (χ2v) is 6.42. The fourth-order valence-electron chi connectivity index (χ4n) is 3.37. The van der Waals surface area contributed by atoms with Crippen LogP contribution in [0.25, 0.3) is 0 Å². The second-order valence-electron chi connectivity index (χ2n) is 6.42. The van der Waals surface area contributed by atoms with E-state index >= 15 is 0 Å². The molecule has 1 aliphatic heterocycles. The summed E-state index contributed by atoms with van der Waals surface area (Å²) in [5.74, 6) is 0.0962. The van der Waals surface area contributed by atoms with Crippen molar-refractivity contribution < 1.29 is 9.53 Å². The lowest BCUT2D eigenvalue weighted by atomic mass is 10.1. The Bertz CT molecular complexity index is 701. The Kier molecular flexibility index (Phi) is 5.00. The summed E-state index contributed by atoms with van der Waals surface area (Å²) in [6.45, 7) is 6.09. The van der Waals surface area contributed by atoms with E-state index in [2.05, 4.69) is 17.2 Å². The molecule has 0 aliphatic carbocycles. The highest BCUT2D eigenvalue weighted by Crippen LogP contribution is 2.20. The van der Waals surface area contributed by atoms with Gasteiger partial charge < -0.3 is 9.64 Å². The summed E-state index contributed by atoms with van der Waals surface area (Å²) in [6, 6.07) is 10.2. The first-order valence-corrected chi connectivity index (χ1v) is 8.50. The predicted molar refractivity (Wildman–Crippen MR) is 93.2 cm³/mol. The van der Waals surface area contributed by atoms with E-state index < -0.39 is 0 Å². The van der Waals surface area contributed by atoms with Crippen LogP contribution in [-0.4, -0.2) is 46.9 Å². The van der Waals surface area contributed by atoms with Crippen molar-refractivity contribution in [3.63, 3.8) is 0 Å². The predicted octanol–water partition coefficient (Wildman–Crippen LogP) is 2.80. The smallest absolute Gasteiger partial charge is 0.257 e. The summed E-state index contributed by atoms with van der Waals surface area (Å²) in [4.78, 5) is 14.9. The van der Waals surface area contributed by atoms with Crippen molar-refractivity contribution in [2.75, 3.05) is 20.2 Å². The van der Waals surface area contributed by atoms with Crippen LogP contribution in [0.4, 0.5) is 0 Å². The third-order valence-electron chi connectivity index (χ3n) is 4.83. The number of hydrogen-bond acceptors (Lipinski definition) is 3. The molecule has 0 saturated carbocycles. The summed E-state index contributed by atoms with van der Waals surface area (Å²) < 4.78 is 7.32. The topological polar surface area (TPSA) is 47.4 Å². The van der Waals surface area contributed by atoms with Gasteiger partial charge in [-0.25, -0.2) is 0 Å². The molecular formula is C19H25N3O2. The van der Waals surface area contributed by atoms with Gasteiger partial charge in [-0.05, 0) is 32.3 Å². The number of benzene rings is 1. The summed E-state index contributed by atoms with van der Waals surface area (Å²) in [7, 11) is 1.74. The lowest BCUT2D eigenvalue weighted by Gasteiger charge is -2.31. The number of aromatic nitrogens is 2. The zero-order chi connectivity index (χ0) is 17.1. The standard InChI is InChI=1S/C19H25N3O2/c1-14-18(19(23)21-11-9-17(24-3)10-12-21)15(2)22(20-14)13-16-7-5-4-6-8-16/h4-8,17H,9-13H2,1-3H3. The van der Waals surface area contributed by atoms with Crippen LogP contribution >= 0.6 is 0 Å². The normalized spacial score (nSPS) is 15.7. The maximum Gasteiger partial charge on any atom is 0.257 e. The molecule has 5 nitrogen and oxygen atoms in total. The number of piperidine rings is 1. The zero-order valence-electron chi connectivity index (χ0n) is 14.7. The van der Waals surface area contributed by atoms with Crippen LogP contribution in [0.3, 0.4) is 0 Å². The molecule has 2 heterocycles. The zero-order valence-corrected chi connectivity index (χ0v) is 14.7. The number of hydrogen-bond donors (Lipinski definition) is 0. The van der Waals surface area contributed by atoms with Crippen LogP contribution in [-0.2, 0) is 11.3 Å². The fourth-order valence-corrected chi connectivity index (χ4v) is 3.37. The van der Waals surface area contributed by atoms with E-state index in [1.165, 1.54) is 5.56 Å². The van der Waals surface area contributed by atoms with Gasteiger partial charge in [0.05, 0.1) is 23.9 Å². The Morgan fingerprint density at radius 1 is 1.21 bits per heavy atom. The molecule has 2 aromatic rings. The van der Waals surface area contributed by atoms with Crippen molar-refractivity contribution in [3.05, 3.63) is 52.8 Å². The Morgan fingerprint density at radius 3 is 2.50 bits per heavy atom. The van der Waals surface area contributed by atoms with Crippen LogP contribution < -0.4 is 0 Å². The van der Waals surface area contributed by atoms with Crippen molar-refractivity contribution in [1.82, 2.24) is 14.7 Å². The van der Waals surface area contributed by atoms with Gasteiger partial charge in [0.15, 0.2) is 0 Å². The van der Waals surface area contributed by atoms with Crippen LogP contribution in [0.15, 0.2) is 30.3 Å². The van der Waals surface area contributed by atoms with Gasteiger partial charge in [0.1, 0.15) is 0 Å². The van der Waals surface area contributed by atoms with Crippen molar-refractivity contribution in [3.8, 4) is 0 Å². The lowest BCUT2D eigenvalue weighted by molar-refractivity contribution is 0.0350. The van der Waals surface area contributed by atoms with Gasteiger partial charge in [-0.2, -0.15) is 5.10 Å². The van der Waals surface area contributed by atoms with Crippen molar-refractivity contribution in [1.29, 1.82) is 0 Å². The summed E-state index contributed by atoms with van der Waals surface area (Å²) in [5, 5.41) is 4.60. The van der Waals surface area contributed by atoms with Crippen LogP contribution in [0, 0.1) is 13.8 Å². The highest BCUT2D eigenvalue weighted by atomic mass is 16.5. The number of methoxy groups -OCH3 is 1. The van der Waals surface area contributed by atoms with Gasteiger partial charge in [0, 0.05) is 25.9 Å². The fraction of sp³-hybridized carbons (Fsp3) is 0.474. The quantitative estimate of drug-likeness (QED) is 0.867. The highest BCUT2D eigenvalue weighted by molar-refractivity contribution is 5.96. The van der Waals surface area contributed by atoms with E-state index in [9.17, 15) is 4.79 Å². The molecule has 1 saturated heterocycles. The van der Waals surface area contributed by atoms with Gasteiger partial charge in [-0.1, -0.05) is 30.3 Å². The molecule has 0 spiro atoms. The number of aryl methyl sites for hydroxylation is 1. The van der Waals surface area contributed by atoms with Gasteiger partial charge in [0.25, 0.3) is 5.91 Å². The number of rotatable bonds is 4. The molecule has 1 amide bonds. The first kappa shape index (κ1) is 16.7. The van der Waals surface area contributed by atoms with E-state index in [1.54, 1.807) is 7.11 Å². The SMILES string of the molecule is COC1CCN(C(=O)c2c(C)nn(Cc3ccccc3)c2C)CC1. The molecule has 1 aromatic heterocycles. The summed E-state index contributed by atoms with van der Waals surface area (Å²) >= 11 is 0. The minimum absolute atomic E-state index is 0.0962. The molecule has 1 fully saturated rings. The van der Waals surface area contributed by atoms with Gasteiger partial charge >= 0.3 is 0 Å². The molecule has 0 bridgehead atoms. The molecule has 5 heteroatoms. The minimum atomic E-state index is 0.0962. The van der Waals surface area contributed by atoms with Crippen molar-refractivity contribution in [2.45, 2.75) is 39.3 Å². The number of nitrogens with zero attached hydrogens (tertiary/aromatic N) is 3. The average molecular weight is 327 g/mol. The van der Waals surface area contributed by atoms with E-state index in [0.29, 0.717) is 6.54 Å². The Labute approximate surface area is 143 Å². The second kappa shape index (κ2) is 7.18. The number of likely N-dealkylation sites (tertiary alicyclic amines) is 1. The summed E-state index contributed by atoms with van der Waals surface area (Å²) in [5.41, 5.74) is 3.68.